The first kappa shape index (κ1) is 23.8. The van der Waals surface area contributed by atoms with Crippen molar-refractivity contribution in [3.8, 4) is 0 Å². The van der Waals surface area contributed by atoms with Crippen LogP contribution >= 0.6 is 0 Å². The number of fused-ring (bicyclic) bond motifs is 6. The average molecular weight is 471 g/mol. The highest BCUT2D eigenvalue weighted by Crippen LogP contribution is 2.22. The molecule has 0 aliphatic carbocycles. The molecule has 2 fully saturated rings. The first-order valence-electron chi connectivity index (χ1n) is 12.3. The summed E-state index contributed by atoms with van der Waals surface area (Å²) < 4.78 is 36.4. The summed E-state index contributed by atoms with van der Waals surface area (Å²) in [4.78, 5) is 9.44. The van der Waals surface area contributed by atoms with Crippen LogP contribution in [0.25, 0.3) is 0 Å². The van der Waals surface area contributed by atoms with Crippen molar-refractivity contribution in [1.82, 2.24) is 9.97 Å². The summed E-state index contributed by atoms with van der Waals surface area (Å²) >= 11 is 0. The molecule has 4 bridgehead atoms. The van der Waals surface area contributed by atoms with Gasteiger partial charge in [0, 0.05) is 13.2 Å². The van der Waals surface area contributed by atoms with Gasteiger partial charge in [0.15, 0.2) is 0 Å². The number of hydrogen-bond acceptors (Lipinski definition) is 8. The van der Waals surface area contributed by atoms with Gasteiger partial charge in [-0.05, 0) is 49.9 Å². The average Bonchev–Trinajstić information content (AvgIpc) is 2.88. The molecular formula is C26H34N2O6. The molecule has 3 aliphatic heterocycles. The number of rotatable bonds is 0. The van der Waals surface area contributed by atoms with Crippen molar-refractivity contribution >= 4 is 0 Å². The van der Waals surface area contributed by atoms with E-state index in [-0.39, 0.29) is 24.4 Å². The van der Waals surface area contributed by atoms with E-state index in [1.165, 1.54) is 0 Å². The maximum absolute atomic E-state index is 6.24. The fraction of sp³-hybridized carbons (Fsp3) is 0.615. The maximum atomic E-state index is 6.24. The van der Waals surface area contributed by atoms with Gasteiger partial charge < -0.3 is 28.4 Å². The quantitative estimate of drug-likeness (QED) is 0.580. The van der Waals surface area contributed by atoms with E-state index in [2.05, 4.69) is 4.98 Å². The number of nitrogens with zero attached hydrogens (tertiary/aromatic N) is 2. The molecule has 0 spiro atoms. The molecule has 0 aromatic carbocycles. The van der Waals surface area contributed by atoms with Crippen LogP contribution < -0.4 is 0 Å². The molecule has 4 atom stereocenters. The van der Waals surface area contributed by atoms with E-state index in [0.29, 0.717) is 39.6 Å². The summed E-state index contributed by atoms with van der Waals surface area (Å²) in [6.07, 6.45) is 3.63. The SMILES string of the molecule is c1cc2nc(c1)COC[C@H]1OCCC[C@H]1OCc1cccc(n1)CO[C@@H]1CCCO[C@@H]1COC2. The molecule has 2 aromatic rings. The third kappa shape index (κ3) is 6.59. The molecule has 34 heavy (non-hydrogen) atoms. The molecule has 5 rings (SSSR count). The molecule has 5 heterocycles. The number of ether oxygens (including phenoxy) is 6. The summed E-state index contributed by atoms with van der Waals surface area (Å²) in [5.74, 6) is 0. The predicted octanol–water partition coefficient (Wildman–Crippen LogP) is 3.35. The second-order valence-corrected chi connectivity index (χ2v) is 9.07. The van der Waals surface area contributed by atoms with Crippen molar-refractivity contribution in [2.24, 2.45) is 0 Å². The smallest absolute Gasteiger partial charge is 0.107 e. The van der Waals surface area contributed by atoms with Gasteiger partial charge in [-0.3, -0.25) is 9.97 Å². The van der Waals surface area contributed by atoms with Crippen LogP contribution in [0, 0.1) is 0 Å². The van der Waals surface area contributed by atoms with E-state index < -0.39 is 0 Å². The van der Waals surface area contributed by atoms with Crippen molar-refractivity contribution in [2.45, 2.75) is 76.5 Å². The first-order chi connectivity index (χ1) is 16.8. The van der Waals surface area contributed by atoms with Crippen LogP contribution in [0.4, 0.5) is 0 Å². The molecule has 0 unspecified atom stereocenters. The zero-order valence-corrected chi connectivity index (χ0v) is 19.6. The van der Waals surface area contributed by atoms with Crippen LogP contribution in [0.1, 0.15) is 48.5 Å². The maximum Gasteiger partial charge on any atom is 0.107 e. The minimum Gasteiger partial charge on any atom is -0.373 e. The summed E-state index contributed by atoms with van der Waals surface area (Å²) in [6, 6.07) is 11.9. The van der Waals surface area contributed by atoms with Gasteiger partial charge in [0.05, 0.1) is 74.6 Å². The molecule has 0 amide bonds. The third-order valence-electron chi connectivity index (χ3n) is 6.44. The van der Waals surface area contributed by atoms with Gasteiger partial charge in [-0.25, -0.2) is 0 Å². The van der Waals surface area contributed by atoms with Crippen LogP contribution in [-0.2, 0) is 54.8 Å². The Bertz CT molecular complexity index is 848. The Kier molecular flexibility index (Phi) is 8.50. The molecule has 0 N–H and O–H groups in total. The van der Waals surface area contributed by atoms with Crippen LogP contribution in [0.3, 0.4) is 0 Å². The zero-order chi connectivity index (χ0) is 23.0. The molecule has 0 saturated carbocycles. The van der Waals surface area contributed by atoms with Gasteiger partial charge >= 0.3 is 0 Å². The Morgan fingerprint density at radius 3 is 1.44 bits per heavy atom. The lowest BCUT2D eigenvalue weighted by Crippen LogP contribution is -2.39. The van der Waals surface area contributed by atoms with E-state index >= 15 is 0 Å². The summed E-state index contributed by atoms with van der Waals surface area (Å²) in [7, 11) is 0. The van der Waals surface area contributed by atoms with Gasteiger partial charge in [-0.2, -0.15) is 0 Å². The second kappa shape index (κ2) is 12.2. The highest BCUT2D eigenvalue weighted by atomic mass is 16.6. The van der Waals surface area contributed by atoms with Crippen molar-refractivity contribution in [3.05, 3.63) is 59.2 Å². The fourth-order valence-electron chi connectivity index (χ4n) is 4.64. The highest BCUT2D eigenvalue weighted by Gasteiger charge is 2.28. The molecule has 0 radical (unpaired) electrons. The van der Waals surface area contributed by atoms with Crippen LogP contribution in [-0.4, -0.2) is 60.8 Å². The standard InChI is InChI=1S/C26H34N2O6/c1-5-19-13-29-17-25-23(9-3-11-31-25)33-15-21-7-2-8-22(28-21)16-34-24-10-4-12-32-26(24)18-30-14-20(6-1)27-19/h1-2,5-8,23-26H,3-4,9-18H2/t23-,24-,25-,26-/m1/s1. The van der Waals surface area contributed by atoms with E-state index in [1.54, 1.807) is 0 Å². The molecule has 2 aromatic heterocycles. The van der Waals surface area contributed by atoms with Crippen LogP contribution in [0.2, 0.25) is 0 Å². The largest absolute Gasteiger partial charge is 0.373 e. The molecule has 8 heteroatoms. The van der Waals surface area contributed by atoms with Gasteiger partial charge in [0.25, 0.3) is 0 Å². The lowest BCUT2D eigenvalue weighted by atomic mass is 10.1. The highest BCUT2D eigenvalue weighted by molar-refractivity contribution is 5.11. The van der Waals surface area contributed by atoms with Crippen LogP contribution in [0.15, 0.2) is 36.4 Å². The Balaban J connectivity index is 1.30. The van der Waals surface area contributed by atoms with E-state index in [1.807, 2.05) is 36.4 Å². The molecule has 184 valence electrons. The monoisotopic (exact) mass is 470 g/mol. The molecule has 2 saturated heterocycles. The van der Waals surface area contributed by atoms with Gasteiger partial charge in [0.1, 0.15) is 12.2 Å². The van der Waals surface area contributed by atoms with Crippen LogP contribution in [0.5, 0.6) is 0 Å². The zero-order valence-electron chi connectivity index (χ0n) is 19.6. The van der Waals surface area contributed by atoms with Crippen molar-refractivity contribution in [3.63, 3.8) is 0 Å². The topological polar surface area (TPSA) is 81.2 Å². The third-order valence-corrected chi connectivity index (χ3v) is 6.44. The summed E-state index contributed by atoms with van der Waals surface area (Å²) in [5.41, 5.74) is 3.53. The second-order valence-electron chi connectivity index (χ2n) is 9.07. The molecule has 8 nitrogen and oxygen atoms in total. The number of hydrogen-bond donors (Lipinski definition) is 0. The Morgan fingerprint density at radius 1 is 0.529 bits per heavy atom. The van der Waals surface area contributed by atoms with Gasteiger partial charge in [-0.15, -0.1) is 0 Å². The van der Waals surface area contributed by atoms with Crippen molar-refractivity contribution < 1.29 is 28.4 Å². The Labute approximate surface area is 200 Å². The minimum atomic E-state index is -0.0967. The first-order valence-corrected chi connectivity index (χ1v) is 12.3. The van der Waals surface area contributed by atoms with Gasteiger partial charge in [-0.1, -0.05) is 12.1 Å². The normalized spacial score (nSPS) is 29.4. The predicted molar refractivity (Wildman–Crippen MR) is 123 cm³/mol. The van der Waals surface area contributed by atoms with E-state index in [9.17, 15) is 0 Å². The van der Waals surface area contributed by atoms with Crippen molar-refractivity contribution in [2.75, 3.05) is 26.4 Å². The van der Waals surface area contributed by atoms with Gasteiger partial charge in [0.2, 0.25) is 0 Å². The van der Waals surface area contributed by atoms with E-state index in [0.717, 1.165) is 61.7 Å². The summed E-state index contributed by atoms with van der Waals surface area (Å²) in [5, 5.41) is 0. The van der Waals surface area contributed by atoms with Crippen molar-refractivity contribution in [1.29, 1.82) is 0 Å². The Hall–Kier alpha value is -1.94. The molecular weight excluding hydrogens is 436 g/mol. The molecule has 3 aliphatic rings. The van der Waals surface area contributed by atoms with E-state index in [4.69, 9.17) is 33.4 Å². The lowest BCUT2D eigenvalue weighted by Gasteiger charge is -2.32. The number of aromatic nitrogens is 2. The Morgan fingerprint density at radius 2 is 0.971 bits per heavy atom. The minimum absolute atomic E-state index is 0.0195. The fourth-order valence-corrected chi connectivity index (χ4v) is 4.64. The number of pyridine rings is 2. The lowest BCUT2D eigenvalue weighted by molar-refractivity contribution is -0.139. The summed E-state index contributed by atoms with van der Waals surface area (Å²) in [6.45, 7) is 4.11.